The molecule has 0 radical (unpaired) electrons. The number of aliphatic hydroxyl groups is 1. The zero-order valence-corrected chi connectivity index (χ0v) is 16.7. The Balaban J connectivity index is 1.65. The minimum Gasteiger partial charge on any atom is -0.390 e. The van der Waals surface area contributed by atoms with Gasteiger partial charge >= 0.3 is 12.4 Å². The molecule has 0 spiro atoms. The number of hydrogen-bond donors (Lipinski definition) is 2. The number of benzene rings is 2. The van der Waals surface area contributed by atoms with Crippen LogP contribution in [0.25, 0.3) is 0 Å². The maximum absolute atomic E-state index is 13.2. The Labute approximate surface area is 179 Å². The zero-order valence-electron chi connectivity index (χ0n) is 16.7. The molecule has 0 saturated carbocycles. The highest BCUT2D eigenvalue weighted by atomic mass is 19.4. The quantitative estimate of drug-likeness (QED) is 0.642. The van der Waals surface area contributed by atoms with Crippen LogP contribution in [0.4, 0.5) is 32.0 Å². The number of anilines is 1. The lowest BCUT2D eigenvalue weighted by Gasteiger charge is -2.30. The van der Waals surface area contributed by atoms with E-state index in [4.69, 9.17) is 4.74 Å². The number of rotatable bonds is 3. The largest absolute Gasteiger partial charge is 0.416 e. The third kappa shape index (κ3) is 4.09. The summed E-state index contributed by atoms with van der Waals surface area (Å²) in [4.78, 5) is 13.0. The molecular weight excluding hydrogens is 440 g/mol. The summed E-state index contributed by atoms with van der Waals surface area (Å²) >= 11 is 0. The third-order valence-electron chi connectivity index (χ3n) is 6.04. The molecule has 32 heavy (non-hydrogen) atoms. The van der Waals surface area contributed by atoms with Crippen LogP contribution in [-0.2, 0) is 21.9 Å². The molecule has 10 heteroatoms. The predicted molar refractivity (Wildman–Crippen MR) is 102 cm³/mol. The fraction of sp³-hybridized carbons (Fsp3) is 0.409. The fourth-order valence-corrected chi connectivity index (χ4v) is 4.59. The number of halogens is 6. The second-order valence-corrected chi connectivity index (χ2v) is 8.13. The molecule has 2 saturated heterocycles. The average Bonchev–Trinajstić information content (AvgIpc) is 3.25. The lowest BCUT2D eigenvalue weighted by molar-refractivity contribution is -0.138. The van der Waals surface area contributed by atoms with E-state index >= 15 is 0 Å². The van der Waals surface area contributed by atoms with Gasteiger partial charge in [-0.1, -0.05) is 24.3 Å². The van der Waals surface area contributed by atoms with Crippen molar-refractivity contribution in [3.63, 3.8) is 0 Å². The predicted octanol–water partition coefficient (Wildman–Crippen LogP) is 4.90. The minimum absolute atomic E-state index is 0.0104. The number of carbonyl (C=O) groups excluding carboxylic acids is 1. The lowest BCUT2D eigenvalue weighted by atomic mass is 9.73. The summed E-state index contributed by atoms with van der Waals surface area (Å²) in [6.07, 6.45) is -11.7. The summed E-state index contributed by atoms with van der Waals surface area (Å²) in [5.41, 5.74) is -1.72. The molecule has 2 N–H and O–H groups in total. The number of hydrogen-bond acceptors (Lipinski definition) is 3. The lowest BCUT2D eigenvalue weighted by Crippen LogP contribution is -2.41. The van der Waals surface area contributed by atoms with Gasteiger partial charge in [0.25, 0.3) is 0 Å². The fourth-order valence-electron chi connectivity index (χ4n) is 4.59. The van der Waals surface area contributed by atoms with Crippen LogP contribution in [0.3, 0.4) is 0 Å². The van der Waals surface area contributed by atoms with Gasteiger partial charge in [0, 0.05) is 18.0 Å². The molecule has 0 aromatic heterocycles. The Morgan fingerprint density at radius 2 is 1.78 bits per heavy atom. The molecule has 2 fully saturated rings. The molecule has 4 nitrogen and oxygen atoms in total. The van der Waals surface area contributed by atoms with E-state index < -0.39 is 59.5 Å². The highest BCUT2D eigenvalue weighted by Gasteiger charge is 2.57. The molecule has 2 heterocycles. The van der Waals surface area contributed by atoms with Gasteiger partial charge in [0.2, 0.25) is 5.91 Å². The maximum Gasteiger partial charge on any atom is 0.416 e. The van der Waals surface area contributed by atoms with Crippen LogP contribution < -0.4 is 5.32 Å². The summed E-state index contributed by atoms with van der Waals surface area (Å²) in [7, 11) is 0. The van der Waals surface area contributed by atoms with Gasteiger partial charge in [-0.15, -0.1) is 0 Å². The SMILES string of the molecule is Cc1ccc(NC(=O)C2C3CC(O)C(O3)C2c2cccc(C(F)(F)F)c2)cc1C(F)(F)F. The topological polar surface area (TPSA) is 58.6 Å². The van der Waals surface area contributed by atoms with Gasteiger partial charge in [-0.05, 0) is 36.2 Å². The first kappa shape index (κ1) is 22.6. The molecule has 0 aliphatic carbocycles. The van der Waals surface area contributed by atoms with Crippen molar-refractivity contribution in [3.05, 3.63) is 64.7 Å². The molecule has 2 aliphatic rings. The second-order valence-electron chi connectivity index (χ2n) is 8.13. The molecule has 2 bridgehead atoms. The first-order valence-corrected chi connectivity index (χ1v) is 9.85. The molecule has 172 valence electrons. The Morgan fingerprint density at radius 3 is 2.44 bits per heavy atom. The summed E-state index contributed by atoms with van der Waals surface area (Å²) in [6, 6.07) is 7.80. The van der Waals surface area contributed by atoms with Gasteiger partial charge in [0.15, 0.2) is 0 Å². The molecule has 5 atom stereocenters. The highest BCUT2D eigenvalue weighted by molar-refractivity contribution is 5.94. The van der Waals surface area contributed by atoms with Crippen molar-refractivity contribution in [2.45, 2.75) is 49.9 Å². The normalized spacial score (nSPS) is 27.6. The zero-order chi connectivity index (χ0) is 23.4. The van der Waals surface area contributed by atoms with Crippen LogP contribution in [0.15, 0.2) is 42.5 Å². The summed E-state index contributed by atoms with van der Waals surface area (Å²) in [5.74, 6) is -2.52. The number of nitrogens with one attached hydrogen (secondary N) is 1. The second kappa shape index (κ2) is 7.77. The van der Waals surface area contributed by atoms with Crippen LogP contribution in [0, 0.1) is 12.8 Å². The number of alkyl halides is 6. The molecule has 5 unspecified atom stereocenters. The van der Waals surface area contributed by atoms with E-state index in [-0.39, 0.29) is 23.2 Å². The van der Waals surface area contributed by atoms with E-state index in [9.17, 15) is 36.2 Å². The number of carbonyl (C=O) groups is 1. The molecule has 2 aromatic carbocycles. The number of ether oxygens (including phenoxy) is 1. The van der Waals surface area contributed by atoms with E-state index in [1.54, 1.807) is 0 Å². The van der Waals surface area contributed by atoms with E-state index in [2.05, 4.69) is 5.32 Å². The number of fused-ring (bicyclic) bond motifs is 2. The van der Waals surface area contributed by atoms with Crippen LogP contribution in [0.1, 0.15) is 34.6 Å². The molecule has 2 aromatic rings. The standard InChI is InChI=1S/C22H19F6NO3/c1-10-5-6-13(8-14(10)22(26,27)28)29-20(31)18-16-9-15(30)19(32-16)17(18)11-3-2-4-12(7-11)21(23,24)25/h2-8,15-19,30H,9H2,1H3,(H,29,31). The van der Waals surface area contributed by atoms with Gasteiger partial charge in [-0.25, -0.2) is 0 Å². The van der Waals surface area contributed by atoms with E-state index in [0.29, 0.717) is 0 Å². The van der Waals surface area contributed by atoms with Crippen molar-refractivity contribution >= 4 is 11.6 Å². The smallest absolute Gasteiger partial charge is 0.390 e. The number of aliphatic hydroxyl groups excluding tert-OH is 1. The molecule has 4 rings (SSSR count). The van der Waals surface area contributed by atoms with Crippen molar-refractivity contribution in [2.24, 2.45) is 5.92 Å². The monoisotopic (exact) mass is 459 g/mol. The van der Waals surface area contributed by atoms with Crippen LogP contribution in [-0.4, -0.2) is 29.3 Å². The van der Waals surface area contributed by atoms with E-state index in [0.717, 1.165) is 18.2 Å². The molecule has 2 aliphatic heterocycles. The van der Waals surface area contributed by atoms with Crippen molar-refractivity contribution in [3.8, 4) is 0 Å². The van der Waals surface area contributed by atoms with Gasteiger partial charge in [0.05, 0.1) is 35.4 Å². The van der Waals surface area contributed by atoms with Gasteiger partial charge in [-0.3, -0.25) is 4.79 Å². The highest BCUT2D eigenvalue weighted by Crippen LogP contribution is 2.50. The maximum atomic E-state index is 13.2. The van der Waals surface area contributed by atoms with Crippen molar-refractivity contribution < 1.29 is 41.0 Å². The summed E-state index contributed by atoms with van der Waals surface area (Å²) in [5, 5.41) is 12.7. The van der Waals surface area contributed by atoms with Crippen molar-refractivity contribution in [1.29, 1.82) is 0 Å². The first-order chi connectivity index (χ1) is 14.9. The van der Waals surface area contributed by atoms with Crippen LogP contribution in [0.2, 0.25) is 0 Å². The van der Waals surface area contributed by atoms with E-state index in [1.807, 2.05) is 0 Å². The summed E-state index contributed by atoms with van der Waals surface area (Å²) < 4.78 is 84.8. The van der Waals surface area contributed by atoms with Gasteiger partial charge in [0.1, 0.15) is 0 Å². The van der Waals surface area contributed by atoms with Gasteiger partial charge in [-0.2, -0.15) is 26.3 Å². The Hall–Kier alpha value is -2.59. The molecule has 1 amide bonds. The molecular formula is C22H19F6NO3. The number of amides is 1. The minimum atomic E-state index is -4.61. The summed E-state index contributed by atoms with van der Waals surface area (Å²) in [6.45, 7) is 1.29. The van der Waals surface area contributed by atoms with Crippen molar-refractivity contribution in [1.82, 2.24) is 0 Å². The van der Waals surface area contributed by atoms with Crippen LogP contribution in [0.5, 0.6) is 0 Å². The Bertz CT molecular complexity index is 1040. The van der Waals surface area contributed by atoms with E-state index in [1.165, 1.54) is 31.2 Å². The first-order valence-electron chi connectivity index (χ1n) is 9.85. The Morgan fingerprint density at radius 1 is 1.06 bits per heavy atom. The third-order valence-corrected chi connectivity index (χ3v) is 6.04. The average molecular weight is 459 g/mol. The van der Waals surface area contributed by atoms with Crippen LogP contribution >= 0.6 is 0 Å². The number of aryl methyl sites for hydroxylation is 1. The van der Waals surface area contributed by atoms with Crippen molar-refractivity contribution in [2.75, 3.05) is 5.32 Å². The van der Waals surface area contributed by atoms with Gasteiger partial charge < -0.3 is 15.2 Å². The Kier molecular flexibility index (Phi) is 5.49.